The zero-order valence-corrected chi connectivity index (χ0v) is 19.0. The summed E-state index contributed by atoms with van der Waals surface area (Å²) in [5, 5.41) is 5.67. The van der Waals surface area contributed by atoms with Crippen molar-refractivity contribution in [2.24, 2.45) is 0 Å². The molecule has 6 heteroatoms. The van der Waals surface area contributed by atoms with Crippen LogP contribution in [0.4, 0.5) is 5.69 Å². The zero-order valence-electron chi connectivity index (χ0n) is 19.0. The Hall–Kier alpha value is -4.45. The summed E-state index contributed by atoms with van der Waals surface area (Å²) in [6.07, 6.45) is 1.61. The Balaban J connectivity index is 1.48. The molecule has 0 fully saturated rings. The number of aryl methyl sites for hydroxylation is 2. The molecular weight excluding hydrogens is 426 g/mol. The van der Waals surface area contributed by atoms with Crippen molar-refractivity contribution in [3.63, 3.8) is 0 Å². The summed E-state index contributed by atoms with van der Waals surface area (Å²) < 4.78 is 1.41. The van der Waals surface area contributed by atoms with Crippen LogP contribution < -0.4 is 16.2 Å². The van der Waals surface area contributed by atoms with E-state index >= 15 is 0 Å². The van der Waals surface area contributed by atoms with Gasteiger partial charge in [0.1, 0.15) is 5.56 Å². The highest BCUT2D eigenvalue weighted by Crippen LogP contribution is 2.14. The lowest BCUT2D eigenvalue weighted by atomic mass is 10.1. The normalized spacial score (nSPS) is 10.5. The number of nitrogens with zero attached hydrogens (tertiary/aromatic N) is 1. The Morgan fingerprint density at radius 3 is 2.21 bits per heavy atom. The van der Waals surface area contributed by atoms with Gasteiger partial charge in [-0.25, -0.2) is 0 Å². The predicted octanol–water partition coefficient (Wildman–Crippen LogP) is 4.64. The third kappa shape index (κ3) is 5.13. The highest BCUT2D eigenvalue weighted by atomic mass is 16.2. The molecule has 3 aromatic carbocycles. The number of rotatable bonds is 6. The number of anilines is 1. The van der Waals surface area contributed by atoms with Gasteiger partial charge in [-0.1, -0.05) is 42.0 Å². The summed E-state index contributed by atoms with van der Waals surface area (Å²) in [5.74, 6) is -0.637. The number of carbonyl (C=O) groups is 2. The van der Waals surface area contributed by atoms with Gasteiger partial charge in [-0.2, -0.15) is 0 Å². The van der Waals surface area contributed by atoms with Crippen LogP contribution in [-0.4, -0.2) is 16.4 Å². The van der Waals surface area contributed by atoms with E-state index < -0.39 is 11.5 Å². The maximum absolute atomic E-state index is 13.0. The van der Waals surface area contributed by atoms with Crippen LogP contribution >= 0.6 is 0 Å². The lowest BCUT2D eigenvalue weighted by Gasteiger charge is -2.11. The Labute approximate surface area is 197 Å². The zero-order chi connectivity index (χ0) is 24.1. The number of aromatic nitrogens is 1. The Kier molecular flexibility index (Phi) is 6.69. The largest absolute Gasteiger partial charge is 0.348 e. The topological polar surface area (TPSA) is 80.2 Å². The summed E-state index contributed by atoms with van der Waals surface area (Å²) in [6.45, 7) is 4.28. The molecule has 2 N–H and O–H groups in total. The Bertz CT molecular complexity index is 1390. The molecule has 0 aliphatic rings. The van der Waals surface area contributed by atoms with Crippen molar-refractivity contribution < 1.29 is 9.59 Å². The first-order valence-corrected chi connectivity index (χ1v) is 11.0. The first-order valence-electron chi connectivity index (χ1n) is 11.0. The molecule has 4 aromatic rings. The molecule has 0 saturated carbocycles. The van der Waals surface area contributed by atoms with Crippen molar-refractivity contribution in [2.75, 3.05) is 5.32 Å². The molecule has 2 amide bonds. The first kappa shape index (κ1) is 22.7. The summed E-state index contributed by atoms with van der Waals surface area (Å²) in [7, 11) is 0. The van der Waals surface area contributed by atoms with Gasteiger partial charge in [0.15, 0.2) is 0 Å². The smallest absolute Gasteiger partial charge is 0.267 e. The van der Waals surface area contributed by atoms with Gasteiger partial charge in [0, 0.05) is 29.7 Å². The van der Waals surface area contributed by atoms with Crippen LogP contribution in [0.25, 0.3) is 5.69 Å². The fraction of sp³-hybridized carbons (Fsp3) is 0.107. The summed E-state index contributed by atoms with van der Waals surface area (Å²) in [5.41, 5.74) is 4.56. The molecule has 0 bridgehead atoms. The minimum absolute atomic E-state index is 0.0628. The highest BCUT2D eigenvalue weighted by Gasteiger charge is 2.13. The fourth-order valence-electron chi connectivity index (χ4n) is 3.56. The maximum Gasteiger partial charge on any atom is 0.267 e. The molecule has 0 saturated heterocycles. The number of hydrogen-bond donors (Lipinski definition) is 2. The van der Waals surface area contributed by atoms with Crippen LogP contribution in [0.5, 0.6) is 0 Å². The van der Waals surface area contributed by atoms with Crippen LogP contribution in [0.2, 0.25) is 0 Å². The highest BCUT2D eigenvalue weighted by molar-refractivity contribution is 6.04. The second-order valence-corrected chi connectivity index (χ2v) is 8.07. The SMILES string of the molecule is Cc1ccc(C(=O)Nc2ccc(-n3cccc(C(=O)NCc4ccccc4C)c3=O)cc2)cc1. The molecule has 0 aliphatic heterocycles. The minimum atomic E-state index is -0.426. The Morgan fingerprint density at radius 1 is 0.794 bits per heavy atom. The molecule has 0 spiro atoms. The van der Waals surface area contributed by atoms with Crippen LogP contribution in [0, 0.1) is 13.8 Å². The van der Waals surface area contributed by atoms with E-state index in [0.717, 1.165) is 16.7 Å². The molecule has 34 heavy (non-hydrogen) atoms. The van der Waals surface area contributed by atoms with Crippen molar-refractivity contribution >= 4 is 17.5 Å². The van der Waals surface area contributed by atoms with Gasteiger partial charge < -0.3 is 10.6 Å². The molecule has 0 unspecified atom stereocenters. The molecule has 1 aromatic heterocycles. The summed E-state index contributed by atoms with van der Waals surface area (Å²) in [4.78, 5) is 38.1. The second-order valence-electron chi connectivity index (χ2n) is 8.07. The van der Waals surface area contributed by atoms with Crippen LogP contribution in [-0.2, 0) is 6.54 Å². The molecular formula is C28H25N3O3. The van der Waals surface area contributed by atoms with Gasteiger partial charge in [0.05, 0.1) is 0 Å². The number of benzene rings is 3. The molecule has 0 aliphatic carbocycles. The third-order valence-electron chi connectivity index (χ3n) is 5.61. The Morgan fingerprint density at radius 2 is 1.50 bits per heavy atom. The third-order valence-corrected chi connectivity index (χ3v) is 5.61. The number of hydrogen-bond acceptors (Lipinski definition) is 3. The number of carbonyl (C=O) groups excluding carboxylic acids is 2. The first-order chi connectivity index (χ1) is 16.4. The van der Waals surface area contributed by atoms with Gasteiger partial charge in [0.25, 0.3) is 17.4 Å². The molecule has 0 radical (unpaired) electrons. The van der Waals surface area contributed by atoms with Gasteiger partial charge in [-0.15, -0.1) is 0 Å². The predicted molar refractivity (Wildman–Crippen MR) is 134 cm³/mol. The van der Waals surface area contributed by atoms with E-state index in [0.29, 0.717) is 23.5 Å². The average molecular weight is 452 g/mol. The van der Waals surface area contributed by atoms with E-state index in [1.165, 1.54) is 10.6 Å². The minimum Gasteiger partial charge on any atom is -0.348 e. The van der Waals surface area contributed by atoms with Crippen molar-refractivity contribution in [3.8, 4) is 5.69 Å². The van der Waals surface area contributed by atoms with E-state index in [1.54, 1.807) is 48.7 Å². The van der Waals surface area contributed by atoms with Crippen molar-refractivity contribution in [1.29, 1.82) is 0 Å². The summed E-state index contributed by atoms with van der Waals surface area (Å²) >= 11 is 0. The number of amides is 2. The standard InChI is InChI=1S/C28H25N3O3/c1-19-9-11-21(12-10-19)26(32)30-23-13-15-24(16-14-23)31-17-5-8-25(28(31)34)27(33)29-18-22-7-4-3-6-20(22)2/h3-17H,18H2,1-2H3,(H,29,33)(H,30,32). The lowest BCUT2D eigenvalue weighted by molar-refractivity contribution is 0.0948. The lowest BCUT2D eigenvalue weighted by Crippen LogP contribution is -2.32. The molecule has 1 heterocycles. The van der Waals surface area contributed by atoms with Crippen LogP contribution in [0.15, 0.2) is 95.9 Å². The molecule has 6 nitrogen and oxygen atoms in total. The summed E-state index contributed by atoms with van der Waals surface area (Å²) in [6, 6.07) is 25.2. The van der Waals surface area contributed by atoms with Gasteiger partial charge in [-0.3, -0.25) is 19.0 Å². The van der Waals surface area contributed by atoms with E-state index in [9.17, 15) is 14.4 Å². The van der Waals surface area contributed by atoms with Crippen LogP contribution in [0.3, 0.4) is 0 Å². The fourth-order valence-corrected chi connectivity index (χ4v) is 3.56. The van der Waals surface area contributed by atoms with E-state index in [2.05, 4.69) is 10.6 Å². The van der Waals surface area contributed by atoms with Crippen molar-refractivity contribution in [2.45, 2.75) is 20.4 Å². The van der Waals surface area contributed by atoms with Gasteiger partial charge in [-0.05, 0) is 73.5 Å². The maximum atomic E-state index is 13.0. The quantitative estimate of drug-likeness (QED) is 0.448. The van der Waals surface area contributed by atoms with E-state index in [4.69, 9.17) is 0 Å². The average Bonchev–Trinajstić information content (AvgIpc) is 2.84. The number of pyridine rings is 1. The molecule has 170 valence electrons. The second kappa shape index (κ2) is 10.0. The monoisotopic (exact) mass is 451 g/mol. The van der Waals surface area contributed by atoms with Crippen molar-refractivity contribution in [3.05, 3.63) is 129 Å². The van der Waals surface area contributed by atoms with Crippen molar-refractivity contribution in [1.82, 2.24) is 9.88 Å². The van der Waals surface area contributed by atoms with E-state index in [1.807, 2.05) is 50.2 Å². The molecule has 4 rings (SSSR count). The number of nitrogens with one attached hydrogen (secondary N) is 2. The molecule has 0 atom stereocenters. The van der Waals surface area contributed by atoms with E-state index in [-0.39, 0.29) is 11.5 Å². The van der Waals surface area contributed by atoms with Crippen LogP contribution in [0.1, 0.15) is 37.4 Å². The van der Waals surface area contributed by atoms with Gasteiger partial charge in [0.2, 0.25) is 0 Å². The van der Waals surface area contributed by atoms with Gasteiger partial charge >= 0.3 is 0 Å².